The molecule has 3 aromatic rings. The van der Waals surface area contributed by atoms with E-state index in [0.29, 0.717) is 17.3 Å². The monoisotopic (exact) mass is 358 g/mol. The lowest BCUT2D eigenvalue weighted by molar-refractivity contribution is 0.0958. The molecule has 1 aliphatic rings. The normalized spacial score (nSPS) is 13.6. The average molecular weight is 359 g/mol. The van der Waals surface area contributed by atoms with Crippen LogP contribution in [-0.4, -0.2) is 50.8 Å². The fourth-order valence-electron chi connectivity index (χ4n) is 2.56. The standard InChI is InChI=1S/C15H15ClN8O/c1-17-14(25)13-10(7-11(16)20-21-13)18-15-19-12-4-3-9(8-24(12)22-15)23-5-2-6-23/h3-4,7-8H,2,5-6H2,1H3,(H,17,25)(H,18,20,22). The first-order chi connectivity index (χ1) is 12.1. The average Bonchev–Trinajstić information content (AvgIpc) is 2.94. The molecule has 0 bridgehead atoms. The van der Waals surface area contributed by atoms with Crippen LogP contribution in [0.4, 0.5) is 17.3 Å². The van der Waals surface area contributed by atoms with E-state index in [1.54, 1.807) is 4.52 Å². The van der Waals surface area contributed by atoms with Crippen LogP contribution < -0.4 is 15.5 Å². The van der Waals surface area contributed by atoms with Crippen LogP contribution in [0.5, 0.6) is 0 Å². The van der Waals surface area contributed by atoms with Gasteiger partial charge in [0, 0.05) is 26.2 Å². The highest BCUT2D eigenvalue weighted by Crippen LogP contribution is 2.23. The van der Waals surface area contributed by atoms with Crippen LogP contribution in [0.3, 0.4) is 0 Å². The summed E-state index contributed by atoms with van der Waals surface area (Å²) < 4.78 is 1.70. The highest BCUT2D eigenvalue weighted by atomic mass is 35.5. The van der Waals surface area contributed by atoms with Crippen molar-refractivity contribution in [1.29, 1.82) is 0 Å². The number of hydrogen-bond donors (Lipinski definition) is 2. The summed E-state index contributed by atoms with van der Waals surface area (Å²) in [6.45, 7) is 2.12. The number of carbonyl (C=O) groups excluding carboxylic acids is 1. The van der Waals surface area contributed by atoms with E-state index in [1.165, 1.54) is 19.5 Å². The van der Waals surface area contributed by atoms with Gasteiger partial charge in [0.1, 0.15) is 0 Å². The van der Waals surface area contributed by atoms with E-state index in [1.807, 2.05) is 18.3 Å². The van der Waals surface area contributed by atoms with Crippen molar-refractivity contribution in [2.45, 2.75) is 6.42 Å². The Morgan fingerprint density at radius 1 is 1.28 bits per heavy atom. The molecular formula is C15H15ClN8O. The van der Waals surface area contributed by atoms with Gasteiger partial charge in [-0.3, -0.25) is 4.79 Å². The quantitative estimate of drug-likeness (QED) is 0.728. The van der Waals surface area contributed by atoms with E-state index in [9.17, 15) is 4.79 Å². The van der Waals surface area contributed by atoms with E-state index < -0.39 is 0 Å². The summed E-state index contributed by atoms with van der Waals surface area (Å²) in [4.78, 5) is 18.6. The topological polar surface area (TPSA) is 100 Å². The van der Waals surface area contributed by atoms with Gasteiger partial charge in [-0.2, -0.15) is 4.98 Å². The van der Waals surface area contributed by atoms with Crippen LogP contribution in [0, 0.1) is 0 Å². The number of amides is 1. The first-order valence-corrected chi connectivity index (χ1v) is 8.15. The summed E-state index contributed by atoms with van der Waals surface area (Å²) >= 11 is 5.89. The second kappa shape index (κ2) is 6.17. The van der Waals surface area contributed by atoms with Gasteiger partial charge in [-0.25, -0.2) is 4.52 Å². The molecule has 128 valence electrons. The van der Waals surface area contributed by atoms with Crippen LogP contribution in [0.25, 0.3) is 5.65 Å². The van der Waals surface area contributed by atoms with Crippen molar-refractivity contribution >= 4 is 40.5 Å². The highest BCUT2D eigenvalue weighted by molar-refractivity contribution is 6.29. The third-order valence-electron chi connectivity index (χ3n) is 3.99. The van der Waals surface area contributed by atoms with Gasteiger partial charge in [-0.05, 0) is 18.6 Å². The van der Waals surface area contributed by atoms with Crippen molar-refractivity contribution in [3.05, 3.63) is 35.2 Å². The number of hydrogen-bond acceptors (Lipinski definition) is 7. The molecule has 3 aromatic heterocycles. The summed E-state index contributed by atoms with van der Waals surface area (Å²) in [5.41, 5.74) is 2.31. The minimum atomic E-state index is -0.379. The molecule has 0 unspecified atom stereocenters. The van der Waals surface area contributed by atoms with Gasteiger partial charge < -0.3 is 15.5 Å². The van der Waals surface area contributed by atoms with Gasteiger partial charge in [0.05, 0.1) is 17.6 Å². The Balaban J connectivity index is 1.66. The van der Waals surface area contributed by atoms with E-state index in [0.717, 1.165) is 18.8 Å². The Labute approximate surface area is 148 Å². The fourth-order valence-corrected chi connectivity index (χ4v) is 2.70. The number of nitrogens with one attached hydrogen (secondary N) is 2. The number of pyridine rings is 1. The molecule has 4 rings (SSSR count). The number of nitrogens with zero attached hydrogens (tertiary/aromatic N) is 6. The van der Waals surface area contributed by atoms with Gasteiger partial charge in [-0.15, -0.1) is 15.3 Å². The zero-order chi connectivity index (χ0) is 17.4. The Morgan fingerprint density at radius 2 is 2.12 bits per heavy atom. The molecule has 2 N–H and O–H groups in total. The molecule has 0 spiro atoms. The second-order valence-corrected chi connectivity index (χ2v) is 5.99. The number of carbonyl (C=O) groups is 1. The summed E-state index contributed by atoms with van der Waals surface area (Å²) in [6.07, 6.45) is 3.14. The Kier molecular flexibility index (Phi) is 3.85. The molecule has 25 heavy (non-hydrogen) atoms. The van der Waals surface area contributed by atoms with Crippen molar-refractivity contribution in [1.82, 2.24) is 30.1 Å². The summed E-state index contributed by atoms with van der Waals surface area (Å²) in [5.74, 6) is -0.0366. The van der Waals surface area contributed by atoms with Gasteiger partial charge in [-0.1, -0.05) is 11.6 Å². The molecule has 1 fully saturated rings. The third-order valence-corrected chi connectivity index (χ3v) is 4.17. The molecule has 1 aliphatic heterocycles. The van der Waals surface area contributed by atoms with Crippen molar-refractivity contribution in [2.24, 2.45) is 0 Å². The highest BCUT2D eigenvalue weighted by Gasteiger charge is 2.17. The Morgan fingerprint density at radius 3 is 2.84 bits per heavy atom. The molecule has 9 nitrogen and oxygen atoms in total. The fraction of sp³-hybridized carbons (Fsp3) is 0.267. The molecule has 0 atom stereocenters. The van der Waals surface area contributed by atoms with Crippen molar-refractivity contribution in [2.75, 3.05) is 30.4 Å². The number of aromatic nitrogens is 5. The maximum Gasteiger partial charge on any atom is 0.273 e. The maximum absolute atomic E-state index is 11.9. The molecule has 0 saturated carbocycles. The molecule has 10 heteroatoms. The molecule has 1 amide bonds. The Hall–Kier alpha value is -2.94. The van der Waals surface area contributed by atoms with Crippen LogP contribution in [-0.2, 0) is 0 Å². The number of fused-ring (bicyclic) bond motifs is 1. The van der Waals surface area contributed by atoms with E-state index in [-0.39, 0.29) is 16.8 Å². The minimum absolute atomic E-state index is 0.118. The van der Waals surface area contributed by atoms with E-state index in [4.69, 9.17) is 11.6 Å². The van der Waals surface area contributed by atoms with Gasteiger partial charge >= 0.3 is 0 Å². The zero-order valence-electron chi connectivity index (χ0n) is 13.4. The molecule has 0 aliphatic carbocycles. The first kappa shape index (κ1) is 15.6. The Bertz CT molecular complexity index is 952. The lowest BCUT2D eigenvalue weighted by Gasteiger charge is -2.32. The number of rotatable bonds is 4. The van der Waals surface area contributed by atoms with Crippen LogP contribution in [0.1, 0.15) is 16.9 Å². The maximum atomic E-state index is 11.9. The lowest BCUT2D eigenvalue weighted by atomic mass is 10.2. The molecule has 4 heterocycles. The summed E-state index contributed by atoms with van der Waals surface area (Å²) in [7, 11) is 1.52. The van der Waals surface area contributed by atoms with Gasteiger partial charge in [0.2, 0.25) is 5.95 Å². The van der Waals surface area contributed by atoms with E-state index in [2.05, 4.69) is 35.8 Å². The number of anilines is 3. The van der Waals surface area contributed by atoms with Crippen LogP contribution >= 0.6 is 11.6 Å². The molecule has 1 saturated heterocycles. The van der Waals surface area contributed by atoms with Crippen molar-refractivity contribution < 1.29 is 4.79 Å². The predicted molar refractivity (Wildman–Crippen MR) is 93.5 cm³/mol. The summed E-state index contributed by atoms with van der Waals surface area (Å²) in [6, 6.07) is 5.44. The van der Waals surface area contributed by atoms with Crippen molar-refractivity contribution in [3.8, 4) is 0 Å². The van der Waals surface area contributed by atoms with Crippen molar-refractivity contribution in [3.63, 3.8) is 0 Å². The van der Waals surface area contributed by atoms with Crippen LogP contribution in [0.2, 0.25) is 5.15 Å². The smallest absolute Gasteiger partial charge is 0.273 e. The molecule has 0 aromatic carbocycles. The van der Waals surface area contributed by atoms with E-state index >= 15 is 0 Å². The SMILES string of the molecule is CNC(=O)c1nnc(Cl)cc1Nc1nc2ccc(N3CCC3)cn2n1. The largest absolute Gasteiger partial charge is 0.370 e. The van der Waals surface area contributed by atoms with Gasteiger partial charge in [0.15, 0.2) is 16.5 Å². The predicted octanol–water partition coefficient (Wildman–Crippen LogP) is 1.49. The second-order valence-electron chi connectivity index (χ2n) is 5.60. The van der Waals surface area contributed by atoms with Gasteiger partial charge in [0.25, 0.3) is 5.91 Å². The molecular weight excluding hydrogens is 344 g/mol. The summed E-state index contributed by atoms with van der Waals surface area (Å²) in [5, 5.41) is 17.6. The lowest BCUT2D eigenvalue weighted by Crippen LogP contribution is -2.37. The zero-order valence-corrected chi connectivity index (χ0v) is 14.2. The molecule has 0 radical (unpaired) electrons. The third kappa shape index (κ3) is 2.93. The first-order valence-electron chi connectivity index (χ1n) is 7.78. The number of halogens is 1. The minimum Gasteiger partial charge on any atom is -0.370 e. The van der Waals surface area contributed by atoms with Crippen LogP contribution in [0.15, 0.2) is 24.4 Å².